The molecule has 1 radical (unpaired) electrons. The molecule has 0 aliphatic carbocycles. The fourth-order valence-electron chi connectivity index (χ4n) is 1.11. The summed E-state index contributed by atoms with van der Waals surface area (Å²) in [6.45, 7) is 6.24. The van der Waals surface area contributed by atoms with Crippen molar-refractivity contribution in [1.82, 2.24) is 5.32 Å². The molecule has 0 amide bonds. The van der Waals surface area contributed by atoms with Crippen molar-refractivity contribution in [2.45, 2.75) is 20.8 Å². The van der Waals surface area contributed by atoms with Gasteiger partial charge in [-0.15, -0.1) is 0 Å². The standard InChI is InChI=1S/C8H12N/c1-6-4-7(2)9-8(3)5-6/h4-5,9H,1-3H3. The van der Waals surface area contributed by atoms with E-state index in [9.17, 15) is 0 Å². The third-order valence-electron chi connectivity index (χ3n) is 1.28. The summed E-state index contributed by atoms with van der Waals surface area (Å²) in [4.78, 5) is 0. The molecule has 9 heavy (non-hydrogen) atoms. The fraction of sp³-hybridized carbons (Fsp3) is 0.375. The van der Waals surface area contributed by atoms with E-state index in [4.69, 9.17) is 0 Å². The number of rotatable bonds is 0. The number of hydrogen-bond acceptors (Lipinski definition) is 1. The topological polar surface area (TPSA) is 12.0 Å². The van der Waals surface area contributed by atoms with Crippen molar-refractivity contribution in [3.05, 3.63) is 29.5 Å². The zero-order valence-electron chi connectivity index (χ0n) is 6.15. The van der Waals surface area contributed by atoms with E-state index in [1.54, 1.807) is 0 Å². The van der Waals surface area contributed by atoms with Gasteiger partial charge in [0.05, 0.1) is 6.04 Å². The van der Waals surface area contributed by atoms with Crippen molar-refractivity contribution < 1.29 is 0 Å². The fourth-order valence-corrected chi connectivity index (χ4v) is 1.11. The molecule has 0 aromatic carbocycles. The molecule has 0 aromatic rings. The van der Waals surface area contributed by atoms with E-state index in [1.807, 2.05) is 0 Å². The Morgan fingerprint density at radius 3 is 2.22 bits per heavy atom. The van der Waals surface area contributed by atoms with Crippen molar-refractivity contribution in [2.75, 3.05) is 0 Å². The van der Waals surface area contributed by atoms with Crippen LogP contribution in [0.1, 0.15) is 20.8 Å². The van der Waals surface area contributed by atoms with Crippen molar-refractivity contribution in [1.29, 1.82) is 0 Å². The molecule has 0 atom stereocenters. The second kappa shape index (κ2) is 2.26. The van der Waals surface area contributed by atoms with Crippen molar-refractivity contribution in [2.24, 2.45) is 0 Å². The van der Waals surface area contributed by atoms with Gasteiger partial charge in [-0.2, -0.15) is 0 Å². The maximum atomic E-state index is 3.21. The lowest BCUT2D eigenvalue weighted by molar-refractivity contribution is 0.853. The lowest BCUT2D eigenvalue weighted by atomic mass is 10.1. The van der Waals surface area contributed by atoms with Crippen molar-refractivity contribution >= 4 is 0 Å². The Kier molecular flexibility index (Phi) is 1.60. The summed E-state index contributed by atoms with van der Waals surface area (Å²) in [5.74, 6) is 0. The van der Waals surface area contributed by atoms with Crippen LogP contribution in [0.3, 0.4) is 0 Å². The van der Waals surface area contributed by atoms with E-state index >= 15 is 0 Å². The monoisotopic (exact) mass is 122 g/mol. The van der Waals surface area contributed by atoms with E-state index in [0.717, 1.165) is 0 Å². The summed E-state index contributed by atoms with van der Waals surface area (Å²) in [6, 6.07) is 1.23. The van der Waals surface area contributed by atoms with Crippen LogP contribution in [0.5, 0.6) is 0 Å². The molecule has 0 saturated carbocycles. The zero-order valence-corrected chi connectivity index (χ0v) is 6.15. The Bertz CT molecular complexity index is 165. The molecule has 0 saturated heterocycles. The lowest BCUT2D eigenvalue weighted by Crippen LogP contribution is -2.17. The molecule has 1 aliphatic heterocycles. The lowest BCUT2D eigenvalue weighted by Gasteiger charge is -2.15. The van der Waals surface area contributed by atoms with Gasteiger partial charge < -0.3 is 5.32 Å². The summed E-state index contributed by atoms with van der Waals surface area (Å²) in [5, 5.41) is 3.21. The molecule has 1 heterocycles. The predicted molar refractivity (Wildman–Crippen MR) is 39.6 cm³/mol. The van der Waals surface area contributed by atoms with Crippen LogP contribution in [0, 0.1) is 6.04 Å². The molecule has 1 aliphatic rings. The molecule has 0 spiro atoms. The van der Waals surface area contributed by atoms with Gasteiger partial charge in [0, 0.05) is 5.70 Å². The molecule has 49 valence electrons. The van der Waals surface area contributed by atoms with Crippen LogP contribution in [-0.2, 0) is 0 Å². The van der Waals surface area contributed by atoms with Gasteiger partial charge in [0.2, 0.25) is 0 Å². The van der Waals surface area contributed by atoms with Gasteiger partial charge in [-0.05, 0) is 26.8 Å². The zero-order chi connectivity index (χ0) is 6.85. The molecule has 0 unspecified atom stereocenters. The van der Waals surface area contributed by atoms with Crippen LogP contribution in [0.4, 0.5) is 0 Å². The van der Waals surface area contributed by atoms with Crippen LogP contribution >= 0.6 is 0 Å². The largest absolute Gasteiger partial charge is 0.377 e. The van der Waals surface area contributed by atoms with Crippen LogP contribution in [0.2, 0.25) is 0 Å². The van der Waals surface area contributed by atoms with Gasteiger partial charge in [0.25, 0.3) is 0 Å². The number of allylic oxidation sites excluding steroid dienone is 3. The highest BCUT2D eigenvalue weighted by Crippen LogP contribution is 2.12. The summed E-state index contributed by atoms with van der Waals surface area (Å²) < 4.78 is 0. The van der Waals surface area contributed by atoms with Gasteiger partial charge in [0.15, 0.2) is 0 Å². The summed E-state index contributed by atoms with van der Waals surface area (Å²) in [7, 11) is 0. The maximum absolute atomic E-state index is 3.21. The van der Waals surface area contributed by atoms with Gasteiger partial charge in [-0.25, -0.2) is 0 Å². The molecule has 0 fully saturated rings. The molecule has 1 rings (SSSR count). The van der Waals surface area contributed by atoms with Gasteiger partial charge >= 0.3 is 0 Å². The Labute approximate surface area is 56.5 Å². The average molecular weight is 122 g/mol. The summed E-state index contributed by atoms with van der Waals surface area (Å²) >= 11 is 0. The highest BCUT2D eigenvalue weighted by molar-refractivity contribution is 5.31. The molecular formula is C8H12N. The van der Waals surface area contributed by atoms with Crippen LogP contribution in [-0.4, -0.2) is 0 Å². The SMILES string of the molecule is C[C]1C=C(C)C=C(C)N1. The van der Waals surface area contributed by atoms with Gasteiger partial charge in [-0.3, -0.25) is 0 Å². The Balaban J connectivity index is 2.74. The maximum Gasteiger partial charge on any atom is 0.0794 e. The first-order valence-electron chi connectivity index (χ1n) is 3.15. The molecular weight excluding hydrogens is 110 g/mol. The third-order valence-corrected chi connectivity index (χ3v) is 1.28. The van der Waals surface area contributed by atoms with E-state index in [0.29, 0.717) is 0 Å². The van der Waals surface area contributed by atoms with Crippen LogP contribution in [0.25, 0.3) is 0 Å². The number of nitrogens with one attached hydrogen (secondary N) is 1. The smallest absolute Gasteiger partial charge is 0.0794 e. The molecule has 1 heteroatoms. The highest BCUT2D eigenvalue weighted by Gasteiger charge is 2.03. The second-order valence-electron chi connectivity index (χ2n) is 2.52. The first kappa shape index (κ1) is 6.40. The third kappa shape index (κ3) is 1.60. The number of hydrogen-bond donors (Lipinski definition) is 1. The van der Waals surface area contributed by atoms with Crippen molar-refractivity contribution in [3.8, 4) is 0 Å². The minimum absolute atomic E-state index is 1.23. The van der Waals surface area contributed by atoms with E-state index in [2.05, 4.69) is 38.2 Å². The number of dihydropyridines is 1. The minimum atomic E-state index is 1.23. The summed E-state index contributed by atoms with van der Waals surface area (Å²) in [5.41, 5.74) is 2.55. The van der Waals surface area contributed by atoms with E-state index in [1.165, 1.54) is 17.3 Å². The first-order valence-corrected chi connectivity index (χ1v) is 3.15. The van der Waals surface area contributed by atoms with Crippen LogP contribution in [0.15, 0.2) is 23.4 Å². The van der Waals surface area contributed by atoms with Gasteiger partial charge in [0.1, 0.15) is 0 Å². The van der Waals surface area contributed by atoms with E-state index in [-0.39, 0.29) is 0 Å². The van der Waals surface area contributed by atoms with Crippen molar-refractivity contribution in [3.63, 3.8) is 0 Å². The van der Waals surface area contributed by atoms with Gasteiger partial charge in [-0.1, -0.05) is 11.6 Å². The first-order chi connectivity index (χ1) is 4.18. The predicted octanol–water partition coefficient (Wildman–Crippen LogP) is 1.99. The molecule has 1 N–H and O–H groups in total. The second-order valence-corrected chi connectivity index (χ2v) is 2.52. The average Bonchev–Trinajstić information content (AvgIpc) is 1.59. The molecule has 1 nitrogen and oxygen atoms in total. The Morgan fingerprint density at radius 2 is 1.78 bits per heavy atom. The van der Waals surface area contributed by atoms with E-state index < -0.39 is 0 Å². The highest BCUT2D eigenvalue weighted by atomic mass is 14.9. The quantitative estimate of drug-likeness (QED) is 0.518. The molecule has 0 bridgehead atoms. The Morgan fingerprint density at radius 1 is 1.11 bits per heavy atom. The minimum Gasteiger partial charge on any atom is -0.377 e. The summed E-state index contributed by atoms with van der Waals surface area (Å²) in [6.07, 6.45) is 4.26. The normalized spacial score (nSPS) is 20.3. The van der Waals surface area contributed by atoms with Crippen LogP contribution < -0.4 is 5.32 Å². The Hall–Kier alpha value is -0.720. The molecule has 0 aromatic heterocycles.